The number of aromatic nitrogens is 3. The van der Waals surface area contributed by atoms with E-state index in [4.69, 9.17) is 0 Å². The van der Waals surface area contributed by atoms with Crippen LogP contribution in [0.5, 0.6) is 0 Å². The van der Waals surface area contributed by atoms with Gasteiger partial charge in [0, 0.05) is 6.20 Å². The van der Waals surface area contributed by atoms with E-state index in [2.05, 4.69) is 30.9 Å². The Kier molecular flexibility index (Phi) is 1.20. The molecule has 4 heteroatoms. The molecule has 3 nitrogen and oxygen atoms in total. The molecular weight excluding hydrogens is 194 g/mol. The predicted octanol–water partition coefficient (Wildman–Crippen LogP) is 1.72. The third-order valence-corrected chi connectivity index (χ3v) is 1.90. The van der Waals surface area contributed by atoms with Crippen LogP contribution in [0, 0.1) is 0 Å². The van der Waals surface area contributed by atoms with E-state index < -0.39 is 0 Å². The van der Waals surface area contributed by atoms with E-state index in [0.717, 1.165) is 15.5 Å². The highest BCUT2D eigenvalue weighted by Crippen LogP contribution is 2.18. The molecule has 0 unspecified atom stereocenters. The Hall–Kier alpha value is -0.900. The van der Waals surface area contributed by atoms with Crippen molar-refractivity contribution in [1.29, 1.82) is 0 Å². The number of H-pyrrole nitrogens is 1. The molecule has 0 aromatic carbocycles. The number of hydrogen-bond donors (Lipinski definition) is 1. The van der Waals surface area contributed by atoms with Crippen LogP contribution in [0.2, 0.25) is 0 Å². The van der Waals surface area contributed by atoms with Crippen molar-refractivity contribution >= 4 is 27.0 Å². The molecule has 1 N–H and O–H groups in total. The lowest BCUT2D eigenvalue weighted by Crippen LogP contribution is -1.75. The van der Waals surface area contributed by atoms with Gasteiger partial charge in [0.1, 0.15) is 11.8 Å². The van der Waals surface area contributed by atoms with Crippen molar-refractivity contribution in [3.05, 3.63) is 23.2 Å². The average molecular weight is 198 g/mol. The molecule has 0 spiro atoms. The van der Waals surface area contributed by atoms with Gasteiger partial charge in [-0.05, 0) is 15.9 Å². The van der Waals surface area contributed by atoms with Gasteiger partial charge in [0.05, 0.1) is 16.2 Å². The first-order valence-electron chi connectivity index (χ1n) is 2.80. The lowest BCUT2D eigenvalue weighted by Gasteiger charge is -1.84. The van der Waals surface area contributed by atoms with Crippen molar-refractivity contribution in [2.75, 3.05) is 0 Å². The first kappa shape index (κ1) is 5.85. The summed E-state index contributed by atoms with van der Waals surface area (Å²) in [7, 11) is 0. The highest BCUT2D eigenvalue weighted by Gasteiger charge is 1.98. The molecule has 0 fully saturated rings. The summed E-state index contributed by atoms with van der Waals surface area (Å²) in [6, 6.07) is 0. The summed E-state index contributed by atoms with van der Waals surface area (Å²) in [6.07, 6.45) is 5.12. The van der Waals surface area contributed by atoms with Crippen LogP contribution in [-0.4, -0.2) is 15.0 Å². The van der Waals surface area contributed by atoms with E-state index in [-0.39, 0.29) is 0 Å². The van der Waals surface area contributed by atoms with Gasteiger partial charge in [0.15, 0.2) is 0 Å². The number of nitrogens with one attached hydrogen (secondary N) is 1. The van der Waals surface area contributed by atoms with E-state index in [1.165, 1.54) is 6.33 Å². The lowest BCUT2D eigenvalue weighted by molar-refractivity contribution is 1.22. The normalized spacial score (nSPS) is 10.5. The SMILES string of the molecule is Brc1c[nH]c2cncnc12. The van der Waals surface area contributed by atoms with Gasteiger partial charge in [-0.2, -0.15) is 0 Å². The molecule has 0 saturated carbocycles. The zero-order chi connectivity index (χ0) is 6.97. The van der Waals surface area contributed by atoms with Crippen LogP contribution in [0.15, 0.2) is 23.2 Å². The summed E-state index contributed by atoms with van der Waals surface area (Å²) in [5.74, 6) is 0. The number of rotatable bonds is 0. The second-order valence-electron chi connectivity index (χ2n) is 1.92. The molecule has 0 aliphatic carbocycles. The second kappa shape index (κ2) is 2.05. The Morgan fingerprint density at radius 1 is 1.50 bits per heavy atom. The summed E-state index contributed by atoms with van der Waals surface area (Å²) in [4.78, 5) is 10.9. The molecule has 0 aliphatic heterocycles. The van der Waals surface area contributed by atoms with Crippen LogP contribution < -0.4 is 0 Å². The Bertz CT molecular complexity index is 355. The summed E-state index contributed by atoms with van der Waals surface area (Å²) < 4.78 is 0.977. The average Bonchev–Trinajstić information content (AvgIpc) is 2.34. The van der Waals surface area contributed by atoms with Crippen molar-refractivity contribution in [2.45, 2.75) is 0 Å². The minimum atomic E-state index is 0.926. The van der Waals surface area contributed by atoms with Crippen molar-refractivity contribution in [2.24, 2.45) is 0 Å². The van der Waals surface area contributed by atoms with Gasteiger partial charge >= 0.3 is 0 Å². The largest absolute Gasteiger partial charge is 0.357 e. The smallest absolute Gasteiger partial charge is 0.116 e. The molecule has 0 amide bonds. The van der Waals surface area contributed by atoms with Gasteiger partial charge < -0.3 is 4.98 Å². The van der Waals surface area contributed by atoms with Crippen LogP contribution in [0.1, 0.15) is 0 Å². The fraction of sp³-hybridized carbons (Fsp3) is 0. The van der Waals surface area contributed by atoms with E-state index in [1.54, 1.807) is 6.20 Å². The van der Waals surface area contributed by atoms with Gasteiger partial charge in [0.25, 0.3) is 0 Å². The predicted molar refractivity (Wildman–Crippen MR) is 41.6 cm³/mol. The summed E-state index contributed by atoms with van der Waals surface area (Å²) >= 11 is 3.35. The lowest BCUT2D eigenvalue weighted by atomic mass is 10.5. The number of hydrogen-bond acceptors (Lipinski definition) is 2. The number of aromatic amines is 1. The quantitative estimate of drug-likeness (QED) is 0.700. The maximum absolute atomic E-state index is 4.05. The standard InChI is InChI=1S/C6H4BrN3/c7-4-1-9-5-2-8-3-10-6(4)5/h1-3,9H. The molecule has 2 aromatic heterocycles. The van der Waals surface area contributed by atoms with Crippen LogP contribution in [-0.2, 0) is 0 Å². The first-order valence-corrected chi connectivity index (χ1v) is 3.60. The number of fused-ring (bicyclic) bond motifs is 1. The van der Waals surface area contributed by atoms with Gasteiger partial charge in [0.2, 0.25) is 0 Å². The fourth-order valence-electron chi connectivity index (χ4n) is 0.835. The summed E-state index contributed by atoms with van der Waals surface area (Å²) in [6.45, 7) is 0. The molecule has 0 bridgehead atoms. The molecule has 2 rings (SSSR count). The van der Waals surface area contributed by atoms with Crippen molar-refractivity contribution in [3.8, 4) is 0 Å². The van der Waals surface area contributed by atoms with Crippen LogP contribution in [0.25, 0.3) is 11.0 Å². The Labute approximate surface area is 65.6 Å². The van der Waals surface area contributed by atoms with Gasteiger partial charge in [-0.1, -0.05) is 0 Å². The Balaban J connectivity index is 2.93. The third kappa shape index (κ3) is 0.724. The molecular formula is C6H4BrN3. The highest BCUT2D eigenvalue weighted by molar-refractivity contribution is 9.10. The number of halogens is 1. The highest BCUT2D eigenvalue weighted by atomic mass is 79.9. The Morgan fingerprint density at radius 3 is 3.20 bits per heavy atom. The van der Waals surface area contributed by atoms with Gasteiger partial charge in [-0.3, -0.25) is 0 Å². The van der Waals surface area contributed by atoms with Crippen LogP contribution >= 0.6 is 15.9 Å². The van der Waals surface area contributed by atoms with Crippen LogP contribution in [0.4, 0.5) is 0 Å². The van der Waals surface area contributed by atoms with E-state index in [9.17, 15) is 0 Å². The molecule has 50 valence electrons. The zero-order valence-corrected chi connectivity index (χ0v) is 6.59. The zero-order valence-electron chi connectivity index (χ0n) is 5.00. The van der Waals surface area contributed by atoms with Crippen LogP contribution in [0.3, 0.4) is 0 Å². The molecule has 10 heavy (non-hydrogen) atoms. The minimum Gasteiger partial charge on any atom is -0.357 e. The topological polar surface area (TPSA) is 41.6 Å². The molecule has 0 saturated heterocycles. The van der Waals surface area contributed by atoms with Gasteiger partial charge in [-0.25, -0.2) is 9.97 Å². The molecule has 0 aliphatic rings. The summed E-state index contributed by atoms with van der Waals surface area (Å²) in [5, 5.41) is 0. The third-order valence-electron chi connectivity index (χ3n) is 1.29. The summed E-state index contributed by atoms with van der Waals surface area (Å²) in [5.41, 5.74) is 1.88. The first-order chi connectivity index (χ1) is 4.88. The van der Waals surface area contributed by atoms with Crippen molar-refractivity contribution in [1.82, 2.24) is 15.0 Å². The second-order valence-corrected chi connectivity index (χ2v) is 2.78. The minimum absolute atomic E-state index is 0.926. The maximum atomic E-state index is 4.05. The Morgan fingerprint density at radius 2 is 2.40 bits per heavy atom. The van der Waals surface area contributed by atoms with Crippen molar-refractivity contribution in [3.63, 3.8) is 0 Å². The van der Waals surface area contributed by atoms with E-state index in [1.807, 2.05) is 6.20 Å². The molecule has 2 heterocycles. The van der Waals surface area contributed by atoms with Crippen molar-refractivity contribution < 1.29 is 0 Å². The van der Waals surface area contributed by atoms with E-state index >= 15 is 0 Å². The maximum Gasteiger partial charge on any atom is 0.116 e. The van der Waals surface area contributed by atoms with Gasteiger partial charge in [-0.15, -0.1) is 0 Å². The van der Waals surface area contributed by atoms with E-state index in [0.29, 0.717) is 0 Å². The fourth-order valence-corrected chi connectivity index (χ4v) is 1.27. The number of nitrogens with zero attached hydrogens (tertiary/aromatic N) is 2. The molecule has 2 aromatic rings. The monoisotopic (exact) mass is 197 g/mol. The molecule has 0 radical (unpaired) electrons. The molecule has 0 atom stereocenters.